The molecule has 0 spiro atoms. The van der Waals surface area contributed by atoms with Gasteiger partial charge in [0.1, 0.15) is 18.1 Å². The molecule has 0 atom stereocenters. The highest BCUT2D eigenvalue weighted by molar-refractivity contribution is 5.75. The van der Waals surface area contributed by atoms with Gasteiger partial charge in [-0.1, -0.05) is 0 Å². The summed E-state index contributed by atoms with van der Waals surface area (Å²) < 4.78 is 17.3. The minimum absolute atomic E-state index is 0.0625. The van der Waals surface area contributed by atoms with Crippen molar-refractivity contribution in [1.82, 2.24) is 0 Å². The molecule has 0 fully saturated rings. The van der Waals surface area contributed by atoms with E-state index in [4.69, 9.17) is 0 Å². The summed E-state index contributed by atoms with van der Waals surface area (Å²) in [6, 6.07) is 3.50. The number of phenols is 1. The van der Waals surface area contributed by atoms with Crippen molar-refractivity contribution in [2.45, 2.75) is 6.92 Å². The lowest BCUT2D eigenvalue weighted by molar-refractivity contribution is -0.140. The summed E-state index contributed by atoms with van der Waals surface area (Å²) in [6.45, 7) is 1.94. The van der Waals surface area contributed by atoms with Gasteiger partial charge in [-0.05, 0) is 19.1 Å². The van der Waals surface area contributed by atoms with Crippen LogP contribution in [0.1, 0.15) is 6.92 Å². The fourth-order valence-electron chi connectivity index (χ4n) is 1.03. The van der Waals surface area contributed by atoms with Crippen LogP contribution >= 0.6 is 0 Å². The van der Waals surface area contributed by atoms with E-state index in [1.165, 1.54) is 12.1 Å². The van der Waals surface area contributed by atoms with E-state index in [0.717, 1.165) is 6.07 Å². The summed E-state index contributed by atoms with van der Waals surface area (Å²) in [4.78, 5) is 11.0. The minimum atomic E-state index is -0.533. The molecule has 0 aliphatic carbocycles. The number of anilines is 1. The fourth-order valence-corrected chi connectivity index (χ4v) is 1.03. The van der Waals surface area contributed by atoms with Crippen molar-refractivity contribution in [3.63, 3.8) is 0 Å². The summed E-state index contributed by atoms with van der Waals surface area (Å²) in [5.74, 6) is -1.20. The van der Waals surface area contributed by atoms with Crippen LogP contribution in [0.15, 0.2) is 18.2 Å². The topological polar surface area (TPSA) is 58.6 Å². The van der Waals surface area contributed by atoms with E-state index in [1.54, 1.807) is 6.92 Å². The van der Waals surface area contributed by atoms with E-state index in [1.807, 2.05) is 0 Å². The molecule has 0 saturated heterocycles. The Labute approximate surface area is 86.7 Å². The van der Waals surface area contributed by atoms with Gasteiger partial charge < -0.3 is 15.2 Å². The molecular weight excluding hydrogens is 201 g/mol. The van der Waals surface area contributed by atoms with Crippen LogP contribution in [0.2, 0.25) is 0 Å². The van der Waals surface area contributed by atoms with Crippen molar-refractivity contribution >= 4 is 11.7 Å². The van der Waals surface area contributed by atoms with Crippen LogP contribution in [0.4, 0.5) is 10.1 Å². The van der Waals surface area contributed by atoms with Crippen LogP contribution in [0.5, 0.6) is 5.75 Å². The molecule has 15 heavy (non-hydrogen) atoms. The van der Waals surface area contributed by atoms with Gasteiger partial charge in [-0.15, -0.1) is 0 Å². The van der Waals surface area contributed by atoms with E-state index in [9.17, 15) is 14.3 Å². The summed E-state index contributed by atoms with van der Waals surface area (Å²) in [5, 5.41) is 11.9. The average Bonchev–Trinajstić information content (AvgIpc) is 2.17. The average molecular weight is 213 g/mol. The Morgan fingerprint density at radius 2 is 2.33 bits per heavy atom. The summed E-state index contributed by atoms with van der Waals surface area (Å²) in [7, 11) is 0. The van der Waals surface area contributed by atoms with Gasteiger partial charge in [-0.3, -0.25) is 4.79 Å². The van der Waals surface area contributed by atoms with Crippen molar-refractivity contribution < 1.29 is 19.0 Å². The molecule has 2 N–H and O–H groups in total. The van der Waals surface area contributed by atoms with Gasteiger partial charge in [-0.2, -0.15) is 0 Å². The highest BCUT2D eigenvalue weighted by atomic mass is 19.1. The van der Waals surface area contributed by atoms with E-state index < -0.39 is 11.8 Å². The Kier molecular flexibility index (Phi) is 3.91. The summed E-state index contributed by atoms with van der Waals surface area (Å²) in [6.07, 6.45) is 0. The van der Waals surface area contributed by atoms with Gasteiger partial charge in [0.25, 0.3) is 0 Å². The third kappa shape index (κ3) is 3.46. The van der Waals surface area contributed by atoms with Crippen molar-refractivity contribution in [2.24, 2.45) is 0 Å². The third-order valence-electron chi connectivity index (χ3n) is 1.69. The van der Waals surface area contributed by atoms with Crippen LogP contribution in [-0.2, 0) is 9.53 Å². The molecule has 1 aromatic rings. The highest BCUT2D eigenvalue weighted by Crippen LogP contribution is 2.22. The largest absolute Gasteiger partial charge is 0.506 e. The van der Waals surface area contributed by atoms with Gasteiger partial charge in [0.05, 0.1) is 12.3 Å². The van der Waals surface area contributed by atoms with Crippen LogP contribution in [0.25, 0.3) is 0 Å². The molecule has 0 aliphatic rings. The van der Waals surface area contributed by atoms with Gasteiger partial charge in [-0.25, -0.2) is 4.39 Å². The molecule has 1 rings (SSSR count). The van der Waals surface area contributed by atoms with Crippen LogP contribution in [0, 0.1) is 5.82 Å². The number of carbonyl (C=O) groups excluding carboxylic acids is 1. The Balaban J connectivity index is 2.54. The van der Waals surface area contributed by atoms with Crippen LogP contribution < -0.4 is 5.32 Å². The van der Waals surface area contributed by atoms with Gasteiger partial charge in [0.15, 0.2) is 0 Å². The Morgan fingerprint density at radius 3 is 2.93 bits per heavy atom. The first kappa shape index (κ1) is 11.3. The third-order valence-corrected chi connectivity index (χ3v) is 1.69. The lowest BCUT2D eigenvalue weighted by Crippen LogP contribution is -2.16. The first-order valence-electron chi connectivity index (χ1n) is 4.51. The number of esters is 1. The van der Waals surface area contributed by atoms with Crippen molar-refractivity contribution in [2.75, 3.05) is 18.5 Å². The second kappa shape index (κ2) is 5.19. The lowest BCUT2D eigenvalue weighted by Gasteiger charge is -2.07. The van der Waals surface area contributed by atoms with Crippen molar-refractivity contribution in [3.8, 4) is 5.75 Å². The number of carbonyl (C=O) groups is 1. The van der Waals surface area contributed by atoms with Gasteiger partial charge >= 0.3 is 5.97 Å². The van der Waals surface area contributed by atoms with E-state index in [2.05, 4.69) is 10.1 Å². The fraction of sp³-hybridized carbons (Fsp3) is 0.300. The Bertz CT molecular complexity index is 355. The predicted octanol–water partition coefficient (Wildman–Crippen LogP) is 1.51. The van der Waals surface area contributed by atoms with Crippen molar-refractivity contribution in [3.05, 3.63) is 24.0 Å². The number of benzene rings is 1. The number of rotatable bonds is 4. The lowest BCUT2D eigenvalue weighted by atomic mass is 10.3. The smallest absolute Gasteiger partial charge is 0.325 e. The second-order valence-corrected chi connectivity index (χ2v) is 2.82. The van der Waals surface area contributed by atoms with Crippen LogP contribution in [0.3, 0.4) is 0 Å². The molecule has 0 amide bonds. The number of aromatic hydroxyl groups is 1. The Hall–Kier alpha value is -1.78. The maximum Gasteiger partial charge on any atom is 0.325 e. The monoisotopic (exact) mass is 213 g/mol. The molecule has 0 saturated carbocycles. The normalized spacial score (nSPS) is 9.73. The zero-order valence-corrected chi connectivity index (χ0v) is 8.29. The maximum absolute atomic E-state index is 12.6. The number of ether oxygens (including phenoxy) is 1. The predicted molar refractivity (Wildman–Crippen MR) is 53.2 cm³/mol. The minimum Gasteiger partial charge on any atom is -0.506 e. The summed E-state index contributed by atoms with van der Waals surface area (Å²) >= 11 is 0. The van der Waals surface area contributed by atoms with Crippen LogP contribution in [-0.4, -0.2) is 24.2 Å². The van der Waals surface area contributed by atoms with E-state index in [0.29, 0.717) is 12.3 Å². The molecule has 0 aliphatic heterocycles. The second-order valence-electron chi connectivity index (χ2n) is 2.82. The molecule has 0 aromatic heterocycles. The number of hydrogen-bond acceptors (Lipinski definition) is 4. The zero-order valence-electron chi connectivity index (χ0n) is 8.29. The number of halogens is 1. The maximum atomic E-state index is 12.6. The van der Waals surface area contributed by atoms with E-state index in [-0.39, 0.29) is 12.3 Å². The number of hydrogen-bond donors (Lipinski definition) is 2. The molecule has 1 aromatic carbocycles. The summed E-state index contributed by atoms with van der Waals surface area (Å²) in [5.41, 5.74) is 0.296. The van der Waals surface area contributed by atoms with E-state index >= 15 is 0 Å². The SMILES string of the molecule is CCOC(=O)CNc1ccc(F)cc1O. The Morgan fingerprint density at radius 1 is 1.60 bits per heavy atom. The molecule has 4 nitrogen and oxygen atoms in total. The molecule has 0 unspecified atom stereocenters. The number of nitrogens with one attached hydrogen (secondary N) is 1. The first-order chi connectivity index (χ1) is 7.13. The molecular formula is C10H12FNO3. The molecule has 5 heteroatoms. The van der Waals surface area contributed by atoms with Gasteiger partial charge in [0, 0.05) is 6.07 Å². The standard InChI is InChI=1S/C10H12FNO3/c1-2-15-10(14)6-12-8-4-3-7(11)5-9(8)13/h3-5,12-13H,2,6H2,1H3. The van der Waals surface area contributed by atoms with Crippen molar-refractivity contribution in [1.29, 1.82) is 0 Å². The molecule has 0 heterocycles. The van der Waals surface area contributed by atoms with Gasteiger partial charge in [0.2, 0.25) is 0 Å². The molecule has 0 radical (unpaired) electrons. The number of phenolic OH excluding ortho intramolecular Hbond substituents is 1. The quantitative estimate of drug-likeness (QED) is 0.588. The molecule has 82 valence electrons. The molecule has 0 bridgehead atoms. The zero-order chi connectivity index (χ0) is 11.3. The first-order valence-corrected chi connectivity index (χ1v) is 4.51. The highest BCUT2D eigenvalue weighted by Gasteiger charge is 2.05.